The lowest BCUT2D eigenvalue weighted by atomic mass is 10.3. The summed E-state index contributed by atoms with van der Waals surface area (Å²) in [5.74, 6) is 0. The average molecular weight is 248 g/mol. The average Bonchev–Trinajstić information content (AvgIpc) is 2.65. The van der Waals surface area contributed by atoms with Crippen molar-refractivity contribution < 1.29 is 4.74 Å². The highest BCUT2D eigenvalue weighted by Gasteiger charge is 2.12. The first-order valence-corrected chi connectivity index (χ1v) is 9.75. The second kappa shape index (κ2) is 5.02. The normalized spacial score (nSPS) is 12.2. The number of nitrogens with zero attached hydrogens (tertiary/aromatic N) is 2. The third-order valence-corrected chi connectivity index (χ3v) is 4.39. The number of hydrogen-bond donors (Lipinski definition) is 0. The van der Waals surface area contributed by atoms with Crippen molar-refractivity contribution in [3.63, 3.8) is 0 Å². The summed E-state index contributed by atoms with van der Waals surface area (Å²) >= 11 is 0. The van der Waals surface area contributed by atoms with Gasteiger partial charge in [0, 0.05) is 26.3 Å². The van der Waals surface area contributed by atoms with Crippen LogP contribution in [0.5, 0.6) is 0 Å². The van der Waals surface area contributed by atoms with Gasteiger partial charge in [0.2, 0.25) is 0 Å². The highest BCUT2D eigenvalue weighted by Crippen LogP contribution is 2.11. The Morgan fingerprint density at radius 2 is 2.00 bits per heavy atom. The highest BCUT2D eigenvalue weighted by atomic mass is 28.3. The minimum atomic E-state index is -0.982. The largest absolute Gasteiger partial charge is 0.360 e. The van der Waals surface area contributed by atoms with Crippen molar-refractivity contribution >= 4 is 19.0 Å². The molecule has 0 unspecified atom stereocenters. The molecule has 0 bridgehead atoms. The van der Waals surface area contributed by atoms with Crippen molar-refractivity contribution in [3.05, 3.63) is 30.5 Å². The standard InChI is InChI=1S/C13H20N2OSi/c1-17(2,3)9-8-16-11-15-10-12-6-4-5-7-13(12)14-15/h4-7,10H,8-9,11H2,1-3H3. The van der Waals surface area contributed by atoms with Gasteiger partial charge in [0.25, 0.3) is 0 Å². The van der Waals surface area contributed by atoms with Gasteiger partial charge in [-0.2, -0.15) is 5.10 Å². The van der Waals surface area contributed by atoms with Gasteiger partial charge in [-0.15, -0.1) is 0 Å². The third kappa shape index (κ3) is 3.68. The van der Waals surface area contributed by atoms with Gasteiger partial charge in [0.15, 0.2) is 0 Å². The fourth-order valence-corrected chi connectivity index (χ4v) is 2.37. The van der Waals surface area contributed by atoms with Crippen LogP contribution in [0.4, 0.5) is 0 Å². The zero-order chi connectivity index (χ0) is 12.3. The Morgan fingerprint density at radius 1 is 1.24 bits per heavy atom. The Hall–Kier alpha value is -1.13. The molecule has 17 heavy (non-hydrogen) atoms. The van der Waals surface area contributed by atoms with Crippen LogP contribution < -0.4 is 0 Å². The quantitative estimate of drug-likeness (QED) is 0.599. The SMILES string of the molecule is C[Si](C)(C)CCOCn1cc2ccccc2n1. The molecule has 3 nitrogen and oxygen atoms in total. The van der Waals surface area contributed by atoms with Crippen LogP contribution in [0.15, 0.2) is 30.5 Å². The van der Waals surface area contributed by atoms with Crippen molar-refractivity contribution in [1.82, 2.24) is 9.78 Å². The van der Waals surface area contributed by atoms with Gasteiger partial charge in [0.05, 0.1) is 5.52 Å². The third-order valence-electron chi connectivity index (χ3n) is 2.68. The number of ether oxygens (including phenoxy) is 1. The number of hydrogen-bond acceptors (Lipinski definition) is 2. The lowest BCUT2D eigenvalue weighted by Crippen LogP contribution is -2.22. The molecule has 0 atom stereocenters. The second-order valence-corrected chi connectivity index (χ2v) is 11.2. The maximum Gasteiger partial charge on any atom is 0.139 e. The van der Waals surface area contributed by atoms with Crippen molar-refractivity contribution in [2.24, 2.45) is 0 Å². The van der Waals surface area contributed by atoms with Crippen LogP contribution in [0.3, 0.4) is 0 Å². The first kappa shape index (κ1) is 12.3. The second-order valence-electron chi connectivity index (χ2n) is 5.58. The van der Waals surface area contributed by atoms with E-state index in [9.17, 15) is 0 Å². The van der Waals surface area contributed by atoms with Crippen LogP contribution in [-0.2, 0) is 11.5 Å². The minimum absolute atomic E-state index is 0.555. The first-order chi connectivity index (χ1) is 8.04. The van der Waals surface area contributed by atoms with Gasteiger partial charge in [-0.3, -0.25) is 0 Å². The molecule has 0 saturated carbocycles. The summed E-state index contributed by atoms with van der Waals surface area (Å²) in [6, 6.07) is 9.33. The van der Waals surface area contributed by atoms with Gasteiger partial charge in [-0.25, -0.2) is 4.68 Å². The molecule has 0 fully saturated rings. The molecule has 0 spiro atoms. The first-order valence-electron chi connectivity index (χ1n) is 6.04. The van der Waals surface area contributed by atoms with Gasteiger partial charge in [0.1, 0.15) is 6.73 Å². The molecule has 92 valence electrons. The lowest BCUT2D eigenvalue weighted by Gasteiger charge is -2.15. The summed E-state index contributed by atoms with van der Waals surface area (Å²) in [7, 11) is -0.982. The lowest BCUT2D eigenvalue weighted by molar-refractivity contribution is 0.0791. The molecule has 2 aromatic rings. The zero-order valence-electron chi connectivity index (χ0n) is 10.8. The van der Waals surface area contributed by atoms with E-state index in [1.165, 1.54) is 11.4 Å². The maximum absolute atomic E-state index is 5.66. The predicted molar refractivity (Wildman–Crippen MR) is 73.8 cm³/mol. The molecule has 0 aliphatic carbocycles. The van der Waals surface area contributed by atoms with Crippen molar-refractivity contribution in [2.45, 2.75) is 32.4 Å². The fourth-order valence-electron chi connectivity index (χ4n) is 1.62. The number of rotatable bonds is 5. The summed E-state index contributed by atoms with van der Waals surface area (Å²) in [6.45, 7) is 8.47. The number of aromatic nitrogens is 2. The van der Waals surface area contributed by atoms with Crippen LogP contribution in [0.1, 0.15) is 0 Å². The van der Waals surface area contributed by atoms with E-state index in [-0.39, 0.29) is 0 Å². The molecule has 1 aromatic carbocycles. The Balaban J connectivity index is 1.87. The summed E-state index contributed by atoms with van der Waals surface area (Å²) in [5.41, 5.74) is 1.03. The molecule has 1 aromatic heterocycles. The van der Waals surface area contributed by atoms with Crippen molar-refractivity contribution in [3.8, 4) is 0 Å². The molecule has 4 heteroatoms. The minimum Gasteiger partial charge on any atom is -0.360 e. The predicted octanol–water partition coefficient (Wildman–Crippen LogP) is 3.35. The zero-order valence-corrected chi connectivity index (χ0v) is 11.8. The molecular weight excluding hydrogens is 228 g/mol. The molecule has 0 aliphatic heterocycles. The maximum atomic E-state index is 5.66. The van der Waals surface area contributed by atoms with E-state index in [0.29, 0.717) is 6.73 Å². The topological polar surface area (TPSA) is 27.1 Å². The van der Waals surface area contributed by atoms with Gasteiger partial charge < -0.3 is 4.74 Å². The molecule has 0 amide bonds. The Morgan fingerprint density at radius 3 is 2.71 bits per heavy atom. The van der Waals surface area contributed by atoms with Crippen LogP contribution in [0, 0.1) is 0 Å². The summed E-state index contributed by atoms with van der Waals surface area (Å²) in [6.07, 6.45) is 2.03. The Kier molecular flexibility index (Phi) is 3.64. The molecule has 0 saturated heterocycles. The summed E-state index contributed by atoms with van der Waals surface area (Å²) in [5, 5.41) is 5.62. The summed E-state index contributed by atoms with van der Waals surface area (Å²) in [4.78, 5) is 0. The number of fused-ring (bicyclic) bond motifs is 1. The van der Waals surface area contributed by atoms with Crippen LogP contribution >= 0.6 is 0 Å². The van der Waals surface area contributed by atoms with Crippen LogP contribution in [0.25, 0.3) is 10.9 Å². The Bertz CT molecular complexity index is 454. The molecule has 1 heterocycles. The van der Waals surface area contributed by atoms with Crippen LogP contribution in [0.2, 0.25) is 25.7 Å². The molecule has 2 rings (SSSR count). The smallest absolute Gasteiger partial charge is 0.139 e. The number of benzene rings is 1. The van der Waals surface area contributed by atoms with E-state index < -0.39 is 8.07 Å². The highest BCUT2D eigenvalue weighted by molar-refractivity contribution is 6.76. The molecular formula is C13H20N2OSi. The van der Waals surface area contributed by atoms with E-state index in [1.807, 2.05) is 29.1 Å². The molecule has 0 N–H and O–H groups in total. The molecule has 0 aliphatic rings. The van der Waals surface area contributed by atoms with Crippen molar-refractivity contribution in [1.29, 1.82) is 0 Å². The van der Waals surface area contributed by atoms with Crippen LogP contribution in [-0.4, -0.2) is 24.5 Å². The fraction of sp³-hybridized carbons (Fsp3) is 0.462. The van der Waals surface area contributed by atoms with E-state index in [1.54, 1.807) is 0 Å². The van der Waals surface area contributed by atoms with Gasteiger partial charge >= 0.3 is 0 Å². The monoisotopic (exact) mass is 248 g/mol. The molecule has 0 radical (unpaired) electrons. The summed E-state index contributed by atoms with van der Waals surface area (Å²) < 4.78 is 7.53. The van der Waals surface area contributed by atoms with Gasteiger partial charge in [-0.05, 0) is 12.1 Å². The van der Waals surface area contributed by atoms with E-state index in [0.717, 1.165) is 12.1 Å². The van der Waals surface area contributed by atoms with Crippen molar-refractivity contribution in [2.75, 3.05) is 6.61 Å². The Labute approximate surface area is 103 Å². The van der Waals surface area contributed by atoms with E-state index >= 15 is 0 Å². The van der Waals surface area contributed by atoms with E-state index in [4.69, 9.17) is 4.74 Å². The van der Waals surface area contributed by atoms with E-state index in [2.05, 4.69) is 30.8 Å². The van der Waals surface area contributed by atoms with Gasteiger partial charge in [-0.1, -0.05) is 37.8 Å².